The molecule has 1 aromatic heterocycles. The maximum Gasteiger partial charge on any atom is 0.258 e. The molecule has 0 bridgehead atoms. The number of ether oxygens (including phenoxy) is 1. The molecule has 2 N–H and O–H groups in total. The lowest BCUT2D eigenvalue weighted by atomic mass is 10.0. The van der Waals surface area contributed by atoms with Crippen LogP contribution in [-0.2, 0) is 27.9 Å². The second-order valence-corrected chi connectivity index (χ2v) is 12.6. The Morgan fingerprint density at radius 2 is 1.87 bits per heavy atom. The molecular formula is C32H30F2N4O6S. The number of rotatable bonds is 10. The van der Waals surface area contributed by atoms with E-state index in [1.807, 2.05) is 6.92 Å². The Morgan fingerprint density at radius 3 is 2.51 bits per heavy atom. The van der Waals surface area contributed by atoms with Gasteiger partial charge in [-0.3, -0.25) is 9.59 Å². The summed E-state index contributed by atoms with van der Waals surface area (Å²) in [6, 6.07) is 11.6. The van der Waals surface area contributed by atoms with E-state index in [9.17, 15) is 27.5 Å². The molecule has 45 heavy (non-hydrogen) atoms. The third kappa shape index (κ3) is 6.64. The van der Waals surface area contributed by atoms with Crippen LogP contribution >= 0.6 is 0 Å². The molecule has 1 unspecified atom stereocenters. The number of aryl methyl sites for hydroxylation is 1. The zero-order valence-corrected chi connectivity index (χ0v) is 25.1. The first kappa shape index (κ1) is 31.9. The largest absolute Gasteiger partial charge is 0.388 e. The molecule has 1 fully saturated rings. The Labute approximate surface area is 258 Å². The highest BCUT2D eigenvalue weighted by Crippen LogP contribution is 2.32. The van der Waals surface area contributed by atoms with E-state index in [0.717, 1.165) is 28.1 Å². The van der Waals surface area contributed by atoms with Gasteiger partial charge in [-0.15, -0.1) is 6.42 Å². The lowest BCUT2D eigenvalue weighted by Gasteiger charge is -2.30. The van der Waals surface area contributed by atoms with Gasteiger partial charge >= 0.3 is 0 Å². The molecule has 0 aliphatic carbocycles. The number of aliphatic hydroxyl groups is 1. The summed E-state index contributed by atoms with van der Waals surface area (Å²) in [6.07, 6.45) is 5.62. The number of Topliss-reactive ketones (excluding diaryl/α,β-unsaturated/α-hetero) is 1. The minimum atomic E-state index is -4.33. The smallest absolute Gasteiger partial charge is 0.258 e. The first-order valence-corrected chi connectivity index (χ1v) is 15.5. The molecule has 1 aliphatic heterocycles. The van der Waals surface area contributed by atoms with Crippen LogP contribution in [0.25, 0.3) is 10.9 Å². The van der Waals surface area contributed by atoms with Gasteiger partial charge in [-0.05, 0) is 66.1 Å². The van der Waals surface area contributed by atoms with Gasteiger partial charge in [0.25, 0.3) is 5.56 Å². The van der Waals surface area contributed by atoms with E-state index in [1.165, 1.54) is 24.3 Å². The number of fused-ring (bicyclic) bond motifs is 1. The minimum Gasteiger partial charge on any atom is -0.388 e. The van der Waals surface area contributed by atoms with Gasteiger partial charge in [-0.1, -0.05) is 18.1 Å². The molecule has 5 rings (SSSR count). The number of halogens is 2. The number of carbonyl (C=O) groups excluding carboxylic acids is 1. The topological polar surface area (TPSA) is 133 Å². The number of sulfonamides is 1. The lowest BCUT2D eigenvalue weighted by Crippen LogP contribution is -2.44. The molecule has 1 atom stereocenters. The number of benzene rings is 3. The summed E-state index contributed by atoms with van der Waals surface area (Å²) in [5, 5.41) is 7.85. The first-order valence-electron chi connectivity index (χ1n) is 14.0. The molecule has 2 heterocycles. The summed E-state index contributed by atoms with van der Waals surface area (Å²) >= 11 is 0. The van der Waals surface area contributed by atoms with Crippen molar-refractivity contribution in [2.24, 2.45) is 0 Å². The number of carbonyl (C=O) groups is 1. The SMILES string of the molecule is C#CCN(Cc1cc2c(=O)[nH]c(CO)nc2cc1C)c1ccc(C(=O)C(c2ccc(F)cc2)S(=O)(=O)N2CCOCC2)c(F)c1. The predicted octanol–water partition coefficient (Wildman–Crippen LogP) is 3.23. The molecule has 0 saturated carbocycles. The van der Waals surface area contributed by atoms with Gasteiger partial charge in [0.1, 0.15) is 24.1 Å². The molecule has 1 saturated heterocycles. The quantitative estimate of drug-likeness (QED) is 0.200. The van der Waals surface area contributed by atoms with Gasteiger partial charge in [-0.25, -0.2) is 22.2 Å². The van der Waals surface area contributed by atoms with Crippen LogP contribution in [0.4, 0.5) is 14.5 Å². The van der Waals surface area contributed by atoms with Crippen molar-refractivity contribution in [3.63, 3.8) is 0 Å². The third-order valence-electron chi connectivity index (χ3n) is 7.63. The number of nitrogens with one attached hydrogen (secondary N) is 1. The molecule has 4 aromatic rings. The molecule has 0 amide bonds. The van der Waals surface area contributed by atoms with Crippen molar-refractivity contribution in [2.45, 2.75) is 25.3 Å². The molecule has 10 nitrogen and oxygen atoms in total. The predicted molar refractivity (Wildman–Crippen MR) is 164 cm³/mol. The van der Waals surface area contributed by atoms with Gasteiger partial charge in [0.2, 0.25) is 10.0 Å². The van der Waals surface area contributed by atoms with Crippen molar-refractivity contribution in [2.75, 3.05) is 37.7 Å². The average molecular weight is 637 g/mol. The number of aliphatic hydroxyl groups excluding tert-OH is 1. The molecule has 13 heteroatoms. The summed E-state index contributed by atoms with van der Waals surface area (Å²) in [5.74, 6) is 0.0897. The highest BCUT2D eigenvalue weighted by atomic mass is 32.2. The van der Waals surface area contributed by atoms with Crippen LogP contribution in [0.3, 0.4) is 0 Å². The minimum absolute atomic E-state index is 0.00712. The van der Waals surface area contributed by atoms with E-state index in [0.29, 0.717) is 22.2 Å². The maximum absolute atomic E-state index is 15.8. The molecule has 0 radical (unpaired) electrons. The molecule has 1 aliphatic rings. The fourth-order valence-electron chi connectivity index (χ4n) is 5.27. The Hall–Kier alpha value is -4.48. The summed E-state index contributed by atoms with van der Waals surface area (Å²) in [4.78, 5) is 34.8. The van der Waals surface area contributed by atoms with Crippen LogP contribution < -0.4 is 10.5 Å². The van der Waals surface area contributed by atoms with Crippen molar-refractivity contribution in [3.8, 4) is 12.3 Å². The summed E-state index contributed by atoms with van der Waals surface area (Å²) < 4.78 is 63.3. The number of terminal acetylenes is 1. The van der Waals surface area contributed by atoms with Crippen molar-refractivity contribution in [1.29, 1.82) is 0 Å². The Morgan fingerprint density at radius 1 is 1.16 bits per heavy atom. The van der Waals surface area contributed by atoms with Gasteiger partial charge in [0.15, 0.2) is 11.0 Å². The monoisotopic (exact) mass is 636 g/mol. The van der Waals surface area contributed by atoms with Crippen molar-refractivity contribution in [1.82, 2.24) is 14.3 Å². The van der Waals surface area contributed by atoms with Crippen LogP contribution in [0, 0.1) is 30.9 Å². The summed E-state index contributed by atoms with van der Waals surface area (Å²) in [6.45, 7) is 1.94. The molecule has 3 aromatic carbocycles. The fraction of sp³-hybridized carbons (Fsp3) is 0.281. The van der Waals surface area contributed by atoms with E-state index in [4.69, 9.17) is 11.2 Å². The average Bonchev–Trinajstić information content (AvgIpc) is 3.02. The van der Waals surface area contributed by atoms with Crippen LogP contribution in [0.2, 0.25) is 0 Å². The number of hydrogen-bond acceptors (Lipinski definition) is 8. The highest BCUT2D eigenvalue weighted by Gasteiger charge is 2.40. The number of aromatic amines is 1. The van der Waals surface area contributed by atoms with Crippen LogP contribution in [0.1, 0.15) is 38.1 Å². The Bertz CT molecular complexity index is 1950. The number of ketones is 1. The lowest BCUT2D eigenvalue weighted by molar-refractivity contribution is 0.0720. The normalized spacial score (nSPS) is 14.6. The third-order valence-corrected chi connectivity index (χ3v) is 9.79. The Kier molecular flexibility index (Phi) is 9.40. The molecule has 0 spiro atoms. The van der Waals surface area contributed by atoms with Gasteiger partial charge in [0.05, 0.1) is 36.2 Å². The van der Waals surface area contributed by atoms with E-state index < -0.39 is 50.4 Å². The van der Waals surface area contributed by atoms with Crippen molar-refractivity contribution < 1.29 is 31.8 Å². The number of hydrogen-bond donors (Lipinski definition) is 2. The second kappa shape index (κ2) is 13.3. The summed E-state index contributed by atoms with van der Waals surface area (Å²) in [7, 11) is -4.33. The molecular weight excluding hydrogens is 606 g/mol. The highest BCUT2D eigenvalue weighted by molar-refractivity contribution is 7.90. The van der Waals surface area contributed by atoms with Gasteiger partial charge in [0, 0.05) is 25.3 Å². The number of anilines is 1. The van der Waals surface area contributed by atoms with Crippen molar-refractivity contribution in [3.05, 3.63) is 105 Å². The second-order valence-electron chi connectivity index (χ2n) is 10.5. The van der Waals surface area contributed by atoms with Crippen LogP contribution in [0.5, 0.6) is 0 Å². The van der Waals surface area contributed by atoms with Gasteiger partial charge in [-0.2, -0.15) is 4.31 Å². The maximum atomic E-state index is 15.8. The van der Waals surface area contributed by atoms with Crippen molar-refractivity contribution >= 4 is 32.4 Å². The zero-order chi connectivity index (χ0) is 32.3. The number of H-pyrrole nitrogens is 1. The van der Waals surface area contributed by atoms with Crippen LogP contribution in [0.15, 0.2) is 59.4 Å². The van der Waals surface area contributed by atoms with E-state index in [-0.39, 0.29) is 50.8 Å². The number of nitrogens with zero attached hydrogens (tertiary/aromatic N) is 3. The van der Waals surface area contributed by atoms with E-state index in [2.05, 4.69) is 15.9 Å². The Balaban J connectivity index is 1.49. The standard InChI is InChI=1S/C32H30F2N4O6S/c1-3-10-37(18-22-16-26-28(15-20(22)2)35-29(19-39)36-32(26)41)24-8-9-25(27(34)17-24)30(40)31(21-4-6-23(33)7-5-21)45(42,43)38-11-13-44-14-12-38/h1,4-9,15-17,31,39H,10-14,18-19H2,2H3,(H,35,36,41). The van der Waals surface area contributed by atoms with Gasteiger partial charge < -0.3 is 19.7 Å². The molecule has 234 valence electrons. The van der Waals surface area contributed by atoms with E-state index in [1.54, 1.807) is 17.0 Å². The number of morpholine rings is 1. The summed E-state index contributed by atoms with van der Waals surface area (Å²) in [5.41, 5.74) is 1.33. The zero-order valence-electron chi connectivity index (χ0n) is 24.3. The first-order chi connectivity index (χ1) is 21.5. The van der Waals surface area contributed by atoms with Crippen LogP contribution in [-0.4, -0.2) is 66.4 Å². The number of aromatic nitrogens is 2. The fourth-order valence-corrected chi connectivity index (χ4v) is 7.13. The van der Waals surface area contributed by atoms with E-state index >= 15 is 4.39 Å².